The van der Waals surface area contributed by atoms with Gasteiger partial charge in [0, 0.05) is 37.9 Å². The van der Waals surface area contributed by atoms with E-state index in [1.165, 1.54) is 24.2 Å². The van der Waals surface area contributed by atoms with Crippen molar-refractivity contribution in [1.29, 1.82) is 0 Å². The van der Waals surface area contributed by atoms with Crippen LogP contribution in [-0.2, 0) is 16.0 Å². The quantitative estimate of drug-likeness (QED) is 0.839. The highest BCUT2D eigenvalue weighted by Gasteiger charge is 2.36. The summed E-state index contributed by atoms with van der Waals surface area (Å²) in [5, 5.41) is 2.45. The molecule has 2 fully saturated rings. The lowest BCUT2D eigenvalue weighted by Gasteiger charge is -2.34. The Hall–Kier alpha value is -1.63. The van der Waals surface area contributed by atoms with Crippen molar-refractivity contribution in [3.05, 3.63) is 11.1 Å². The van der Waals surface area contributed by atoms with E-state index in [0.29, 0.717) is 49.3 Å². The third-order valence-corrected chi connectivity index (χ3v) is 5.89. The fourth-order valence-corrected chi connectivity index (χ4v) is 4.02. The summed E-state index contributed by atoms with van der Waals surface area (Å²) in [6.07, 6.45) is 3.92. The minimum atomic E-state index is 0.110. The summed E-state index contributed by atoms with van der Waals surface area (Å²) < 4.78 is 0. The van der Waals surface area contributed by atoms with Crippen LogP contribution < -0.4 is 5.73 Å². The van der Waals surface area contributed by atoms with Crippen LogP contribution in [0.5, 0.6) is 0 Å². The fraction of sp³-hybridized carbons (Fsp3) is 0.722. The first kappa shape index (κ1) is 18.2. The topological polar surface area (TPSA) is 79.5 Å². The molecule has 0 aromatic carbocycles. The number of rotatable bonds is 6. The Kier molecular flexibility index (Phi) is 5.61. The van der Waals surface area contributed by atoms with Crippen LogP contribution in [-0.4, -0.2) is 52.3 Å². The first-order valence-electron chi connectivity index (χ1n) is 9.21. The summed E-state index contributed by atoms with van der Waals surface area (Å²) in [5.41, 5.74) is 6.52. The Bertz CT molecular complexity index is 626. The summed E-state index contributed by atoms with van der Waals surface area (Å²) in [5.74, 6) is 1.32. The van der Waals surface area contributed by atoms with Crippen molar-refractivity contribution in [2.45, 2.75) is 52.0 Å². The van der Waals surface area contributed by atoms with Crippen molar-refractivity contribution < 1.29 is 9.59 Å². The van der Waals surface area contributed by atoms with Crippen LogP contribution in [0.3, 0.4) is 0 Å². The van der Waals surface area contributed by atoms with Crippen LogP contribution in [0, 0.1) is 11.8 Å². The summed E-state index contributed by atoms with van der Waals surface area (Å²) in [4.78, 5) is 33.4. The summed E-state index contributed by atoms with van der Waals surface area (Å²) >= 11 is 1.40. The van der Waals surface area contributed by atoms with Crippen LogP contribution in [0.15, 0.2) is 5.38 Å². The molecule has 7 heteroatoms. The number of nitrogen functional groups attached to an aromatic ring is 1. The van der Waals surface area contributed by atoms with Crippen LogP contribution in [0.4, 0.5) is 5.13 Å². The highest BCUT2D eigenvalue weighted by molar-refractivity contribution is 7.13. The number of hydrogen-bond acceptors (Lipinski definition) is 5. The number of thiazole rings is 1. The summed E-state index contributed by atoms with van der Waals surface area (Å²) in [6.45, 7) is 6.32. The van der Waals surface area contributed by atoms with Gasteiger partial charge in [-0.15, -0.1) is 11.3 Å². The molecule has 1 aromatic rings. The number of aromatic nitrogens is 1. The third-order valence-electron chi connectivity index (χ3n) is 5.16. The molecule has 2 aliphatic rings. The Balaban J connectivity index is 1.62. The molecule has 1 aliphatic heterocycles. The molecule has 2 amide bonds. The molecule has 1 aromatic heterocycles. The number of nitrogens with two attached hydrogens (primary N) is 1. The second kappa shape index (κ2) is 7.72. The first-order valence-corrected chi connectivity index (χ1v) is 10.1. The second-order valence-corrected chi connectivity index (χ2v) is 8.46. The third kappa shape index (κ3) is 4.71. The summed E-state index contributed by atoms with van der Waals surface area (Å²) in [7, 11) is 0. The van der Waals surface area contributed by atoms with Crippen molar-refractivity contribution >= 4 is 28.3 Å². The van der Waals surface area contributed by atoms with Crippen LogP contribution in [0.2, 0.25) is 0 Å². The lowest BCUT2D eigenvalue weighted by Crippen LogP contribution is -2.48. The van der Waals surface area contributed by atoms with Gasteiger partial charge < -0.3 is 15.5 Å². The predicted molar refractivity (Wildman–Crippen MR) is 99.1 cm³/mol. The average molecular weight is 365 g/mol. The number of anilines is 1. The Morgan fingerprint density at radius 2 is 2.20 bits per heavy atom. The lowest BCUT2D eigenvalue weighted by molar-refractivity contribution is -0.134. The van der Waals surface area contributed by atoms with Gasteiger partial charge in [-0.3, -0.25) is 9.59 Å². The molecule has 1 saturated heterocycles. The second-order valence-electron chi connectivity index (χ2n) is 7.57. The maximum atomic E-state index is 12.7. The molecule has 0 radical (unpaired) electrons. The number of hydrogen-bond donors (Lipinski definition) is 1. The smallest absolute Gasteiger partial charge is 0.224 e. The zero-order valence-electron chi connectivity index (χ0n) is 15.1. The molecule has 2 heterocycles. The molecule has 6 nitrogen and oxygen atoms in total. The van der Waals surface area contributed by atoms with Gasteiger partial charge in [-0.2, -0.15) is 0 Å². The van der Waals surface area contributed by atoms with Gasteiger partial charge in [0.25, 0.3) is 0 Å². The Morgan fingerprint density at radius 3 is 2.80 bits per heavy atom. The maximum absolute atomic E-state index is 12.7. The maximum Gasteiger partial charge on any atom is 0.224 e. The zero-order chi connectivity index (χ0) is 18.0. The molecular formula is C18H28N4O2S. The van der Waals surface area contributed by atoms with Crippen molar-refractivity contribution in [3.63, 3.8) is 0 Å². The molecule has 25 heavy (non-hydrogen) atoms. The number of carbonyl (C=O) groups is 2. The normalized spacial score (nSPS) is 21.7. The minimum absolute atomic E-state index is 0.110. The highest BCUT2D eigenvalue weighted by Crippen LogP contribution is 2.32. The van der Waals surface area contributed by atoms with Gasteiger partial charge >= 0.3 is 0 Å². The average Bonchev–Trinajstić information content (AvgIpc) is 3.32. The van der Waals surface area contributed by atoms with E-state index in [2.05, 4.69) is 23.7 Å². The van der Waals surface area contributed by atoms with Crippen molar-refractivity contribution in [1.82, 2.24) is 14.8 Å². The monoisotopic (exact) mass is 364 g/mol. The van der Waals surface area contributed by atoms with Crippen molar-refractivity contribution in [2.75, 3.05) is 25.4 Å². The molecule has 2 N–H and O–H groups in total. The number of nitrogens with zero attached hydrogens (tertiary/aromatic N) is 3. The van der Waals surface area contributed by atoms with Crippen LogP contribution >= 0.6 is 11.3 Å². The van der Waals surface area contributed by atoms with E-state index in [0.717, 1.165) is 12.2 Å². The molecule has 3 rings (SSSR count). The predicted octanol–water partition coefficient (Wildman–Crippen LogP) is 2.15. The Labute approximate surface area is 153 Å². The minimum Gasteiger partial charge on any atom is -0.375 e. The van der Waals surface area contributed by atoms with Crippen molar-refractivity contribution in [2.24, 2.45) is 11.8 Å². The van der Waals surface area contributed by atoms with E-state index in [9.17, 15) is 9.59 Å². The van der Waals surface area contributed by atoms with Gasteiger partial charge in [0.2, 0.25) is 11.8 Å². The standard InChI is InChI=1S/C18H28N4O2S/c1-12(2)15-10-21(8-7-17(24)22(15)9-13-3-4-13)16(23)6-5-14-11-25-18(19)20-14/h11-13,15H,3-10H2,1-2H3,(H2,19,20)/t15-/m0/s1. The van der Waals surface area contributed by atoms with E-state index in [-0.39, 0.29) is 17.9 Å². The molecule has 1 atom stereocenters. The SMILES string of the molecule is CC(C)[C@@H]1CN(C(=O)CCc2csc(N)n2)CCC(=O)N1CC1CC1. The number of amides is 2. The van der Waals surface area contributed by atoms with E-state index < -0.39 is 0 Å². The summed E-state index contributed by atoms with van der Waals surface area (Å²) in [6, 6.07) is 0.120. The zero-order valence-corrected chi connectivity index (χ0v) is 15.9. The molecule has 0 unspecified atom stereocenters. The highest BCUT2D eigenvalue weighted by atomic mass is 32.1. The fourth-order valence-electron chi connectivity index (χ4n) is 3.42. The van der Waals surface area contributed by atoms with Gasteiger partial charge in [0.15, 0.2) is 5.13 Å². The van der Waals surface area contributed by atoms with Crippen LogP contribution in [0.1, 0.15) is 45.2 Å². The molecule has 138 valence electrons. The van der Waals surface area contributed by atoms with Gasteiger partial charge in [-0.1, -0.05) is 13.8 Å². The first-order chi connectivity index (χ1) is 11.9. The number of aryl methyl sites for hydroxylation is 1. The van der Waals surface area contributed by atoms with Gasteiger partial charge in [0.05, 0.1) is 11.7 Å². The molecular weight excluding hydrogens is 336 g/mol. The van der Waals surface area contributed by atoms with E-state index in [1.807, 2.05) is 10.3 Å². The molecule has 0 bridgehead atoms. The van der Waals surface area contributed by atoms with E-state index >= 15 is 0 Å². The van der Waals surface area contributed by atoms with E-state index in [4.69, 9.17) is 5.73 Å². The molecule has 1 saturated carbocycles. The van der Waals surface area contributed by atoms with Gasteiger partial charge in [-0.05, 0) is 31.1 Å². The Morgan fingerprint density at radius 1 is 1.44 bits per heavy atom. The lowest BCUT2D eigenvalue weighted by atomic mass is 10.0. The number of carbonyl (C=O) groups excluding carboxylic acids is 2. The van der Waals surface area contributed by atoms with E-state index in [1.54, 1.807) is 0 Å². The van der Waals surface area contributed by atoms with Gasteiger partial charge in [0.1, 0.15) is 0 Å². The van der Waals surface area contributed by atoms with Gasteiger partial charge in [-0.25, -0.2) is 4.98 Å². The molecule has 0 spiro atoms. The largest absolute Gasteiger partial charge is 0.375 e. The van der Waals surface area contributed by atoms with Crippen molar-refractivity contribution in [3.8, 4) is 0 Å². The molecule has 1 aliphatic carbocycles. The van der Waals surface area contributed by atoms with Crippen LogP contribution in [0.25, 0.3) is 0 Å².